The molecule has 18 heavy (non-hydrogen) atoms. The molecule has 0 saturated heterocycles. The fourth-order valence-electron chi connectivity index (χ4n) is 2.07. The van der Waals surface area contributed by atoms with E-state index in [4.69, 9.17) is 0 Å². The van der Waals surface area contributed by atoms with Gasteiger partial charge in [0.2, 0.25) is 0 Å². The van der Waals surface area contributed by atoms with Crippen LogP contribution in [-0.2, 0) is 6.42 Å². The topological polar surface area (TPSA) is 40.7 Å². The van der Waals surface area contributed by atoms with E-state index in [-0.39, 0.29) is 6.04 Å². The maximum absolute atomic E-state index is 4.05. The van der Waals surface area contributed by atoms with E-state index in [2.05, 4.69) is 53.6 Å². The molecule has 1 atom stereocenters. The highest BCUT2D eigenvalue weighted by atomic mass is 15.1. The Labute approximate surface area is 109 Å². The summed E-state index contributed by atoms with van der Waals surface area (Å²) in [4.78, 5) is 0. The van der Waals surface area contributed by atoms with Crippen LogP contribution in [0, 0.1) is 0 Å². The van der Waals surface area contributed by atoms with Gasteiger partial charge in [-0.1, -0.05) is 38.1 Å². The highest BCUT2D eigenvalue weighted by Gasteiger charge is 2.14. The fourth-order valence-corrected chi connectivity index (χ4v) is 2.07. The van der Waals surface area contributed by atoms with Crippen molar-refractivity contribution >= 4 is 0 Å². The molecule has 0 spiro atoms. The van der Waals surface area contributed by atoms with Crippen LogP contribution in [0.4, 0.5) is 0 Å². The molecule has 96 valence electrons. The first-order chi connectivity index (χ1) is 8.85. The third-order valence-electron chi connectivity index (χ3n) is 3.15. The smallest absolute Gasteiger partial charge is 0.0745 e. The third-order valence-corrected chi connectivity index (χ3v) is 3.15. The zero-order valence-electron chi connectivity index (χ0n) is 11.1. The van der Waals surface area contributed by atoms with Crippen molar-refractivity contribution in [2.45, 2.75) is 32.7 Å². The second kappa shape index (κ2) is 6.36. The first kappa shape index (κ1) is 12.8. The molecule has 0 amide bonds. The highest BCUT2D eigenvalue weighted by molar-refractivity contribution is 5.30. The number of nitrogens with one attached hydrogen (secondary N) is 2. The molecular weight excluding hydrogens is 222 g/mol. The lowest BCUT2D eigenvalue weighted by Crippen LogP contribution is -2.23. The van der Waals surface area contributed by atoms with Gasteiger partial charge in [-0.15, -0.1) is 0 Å². The zero-order chi connectivity index (χ0) is 12.8. The van der Waals surface area contributed by atoms with Crippen molar-refractivity contribution < 1.29 is 0 Å². The predicted octanol–water partition coefficient (Wildman–Crippen LogP) is 3.06. The van der Waals surface area contributed by atoms with Gasteiger partial charge < -0.3 is 5.32 Å². The van der Waals surface area contributed by atoms with Gasteiger partial charge in [0.25, 0.3) is 0 Å². The van der Waals surface area contributed by atoms with Crippen LogP contribution in [0.3, 0.4) is 0 Å². The van der Waals surface area contributed by atoms with Crippen LogP contribution in [0.15, 0.2) is 36.5 Å². The van der Waals surface area contributed by atoms with Crippen LogP contribution < -0.4 is 5.32 Å². The summed E-state index contributed by atoms with van der Waals surface area (Å²) in [5.74, 6) is 0. The molecule has 2 rings (SSSR count). The van der Waals surface area contributed by atoms with Gasteiger partial charge in [-0.05, 0) is 36.6 Å². The summed E-state index contributed by atoms with van der Waals surface area (Å²) in [5, 5.41) is 10.7. The molecule has 1 aromatic carbocycles. The number of rotatable bonds is 6. The van der Waals surface area contributed by atoms with Gasteiger partial charge in [0.15, 0.2) is 0 Å². The molecule has 0 aliphatic rings. The van der Waals surface area contributed by atoms with Crippen LogP contribution >= 0.6 is 0 Å². The van der Waals surface area contributed by atoms with E-state index >= 15 is 0 Å². The zero-order valence-corrected chi connectivity index (χ0v) is 11.1. The molecule has 1 heterocycles. The molecule has 3 heteroatoms. The van der Waals surface area contributed by atoms with Crippen LogP contribution in [0.1, 0.15) is 43.1 Å². The Balaban J connectivity index is 2.21. The average molecular weight is 243 g/mol. The number of aromatic amines is 1. The summed E-state index contributed by atoms with van der Waals surface area (Å²) in [6.07, 6.45) is 4.01. The molecule has 0 radical (unpaired) electrons. The summed E-state index contributed by atoms with van der Waals surface area (Å²) in [7, 11) is 0. The van der Waals surface area contributed by atoms with E-state index in [0.717, 1.165) is 25.1 Å². The Morgan fingerprint density at radius 2 is 1.94 bits per heavy atom. The van der Waals surface area contributed by atoms with Crippen LogP contribution in [0.25, 0.3) is 0 Å². The van der Waals surface area contributed by atoms with Gasteiger partial charge in [0.05, 0.1) is 11.7 Å². The molecule has 0 aliphatic carbocycles. The molecule has 0 saturated carbocycles. The number of hydrogen-bond donors (Lipinski definition) is 2. The maximum atomic E-state index is 4.05. The summed E-state index contributed by atoms with van der Waals surface area (Å²) in [6.45, 7) is 5.35. The van der Waals surface area contributed by atoms with Crippen LogP contribution in [-0.4, -0.2) is 16.7 Å². The quantitative estimate of drug-likeness (QED) is 0.818. The summed E-state index contributed by atoms with van der Waals surface area (Å²) in [6, 6.07) is 11.0. The minimum Gasteiger partial charge on any atom is -0.305 e. The summed E-state index contributed by atoms with van der Waals surface area (Å²) in [5.41, 5.74) is 3.77. The molecule has 2 aromatic rings. The van der Waals surface area contributed by atoms with Gasteiger partial charge in [0, 0.05) is 6.20 Å². The Kier molecular flexibility index (Phi) is 4.53. The largest absolute Gasteiger partial charge is 0.305 e. The molecule has 1 unspecified atom stereocenters. The Bertz CT molecular complexity index is 445. The fraction of sp³-hybridized carbons (Fsp3) is 0.400. The van der Waals surface area contributed by atoms with E-state index in [1.54, 1.807) is 6.20 Å². The lowest BCUT2D eigenvalue weighted by Gasteiger charge is -2.17. The first-order valence-electron chi connectivity index (χ1n) is 6.66. The van der Waals surface area contributed by atoms with Gasteiger partial charge >= 0.3 is 0 Å². The SMILES string of the molecule is CCCNC(c1ccc(CC)cc1)c1ccn[nH]1. The number of benzene rings is 1. The molecular formula is C15H21N3. The minimum absolute atomic E-state index is 0.207. The van der Waals surface area contributed by atoms with Crippen molar-refractivity contribution in [2.75, 3.05) is 6.54 Å². The number of aromatic nitrogens is 2. The second-order valence-corrected chi connectivity index (χ2v) is 4.49. The lowest BCUT2D eigenvalue weighted by molar-refractivity contribution is 0.585. The molecule has 1 aromatic heterocycles. The van der Waals surface area contributed by atoms with Crippen LogP contribution in [0.2, 0.25) is 0 Å². The highest BCUT2D eigenvalue weighted by Crippen LogP contribution is 2.20. The van der Waals surface area contributed by atoms with E-state index in [9.17, 15) is 0 Å². The Hall–Kier alpha value is -1.61. The van der Waals surface area contributed by atoms with E-state index in [0.29, 0.717) is 0 Å². The van der Waals surface area contributed by atoms with E-state index in [1.807, 2.05) is 6.07 Å². The standard InChI is InChI=1S/C15H21N3/c1-3-10-16-15(14-9-11-17-18-14)13-7-5-12(4-2)6-8-13/h5-9,11,15-16H,3-4,10H2,1-2H3,(H,17,18). The predicted molar refractivity (Wildman–Crippen MR) is 74.5 cm³/mol. The van der Waals surface area contributed by atoms with Crippen molar-refractivity contribution in [1.29, 1.82) is 0 Å². The van der Waals surface area contributed by atoms with Crippen molar-refractivity contribution in [3.8, 4) is 0 Å². The van der Waals surface area contributed by atoms with Gasteiger partial charge in [0.1, 0.15) is 0 Å². The number of H-pyrrole nitrogens is 1. The molecule has 3 nitrogen and oxygen atoms in total. The Morgan fingerprint density at radius 3 is 2.50 bits per heavy atom. The summed E-state index contributed by atoms with van der Waals surface area (Å²) < 4.78 is 0. The van der Waals surface area contributed by atoms with Crippen molar-refractivity contribution in [3.05, 3.63) is 53.3 Å². The molecule has 2 N–H and O–H groups in total. The van der Waals surface area contributed by atoms with Gasteiger partial charge in [-0.2, -0.15) is 5.10 Å². The van der Waals surface area contributed by atoms with Crippen LogP contribution in [0.5, 0.6) is 0 Å². The summed E-state index contributed by atoms with van der Waals surface area (Å²) >= 11 is 0. The van der Waals surface area contributed by atoms with Gasteiger partial charge in [-0.25, -0.2) is 0 Å². The average Bonchev–Trinajstić information content (AvgIpc) is 2.94. The number of aryl methyl sites for hydroxylation is 1. The number of nitrogens with zero attached hydrogens (tertiary/aromatic N) is 1. The third kappa shape index (κ3) is 2.99. The van der Waals surface area contributed by atoms with E-state index < -0.39 is 0 Å². The normalized spacial score (nSPS) is 12.6. The first-order valence-corrected chi connectivity index (χ1v) is 6.66. The second-order valence-electron chi connectivity index (χ2n) is 4.49. The van der Waals surface area contributed by atoms with Crippen molar-refractivity contribution in [3.63, 3.8) is 0 Å². The van der Waals surface area contributed by atoms with Gasteiger partial charge in [-0.3, -0.25) is 5.10 Å². The lowest BCUT2D eigenvalue weighted by atomic mass is 10.0. The number of hydrogen-bond acceptors (Lipinski definition) is 2. The molecule has 0 fully saturated rings. The Morgan fingerprint density at radius 1 is 1.17 bits per heavy atom. The minimum atomic E-state index is 0.207. The maximum Gasteiger partial charge on any atom is 0.0745 e. The van der Waals surface area contributed by atoms with E-state index in [1.165, 1.54) is 11.1 Å². The van der Waals surface area contributed by atoms with Crippen molar-refractivity contribution in [1.82, 2.24) is 15.5 Å². The monoisotopic (exact) mass is 243 g/mol. The van der Waals surface area contributed by atoms with Crippen molar-refractivity contribution in [2.24, 2.45) is 0 Å². The molecule has 0 bridgehead atoms. The molecule has 0 aliphatic heterocycles.